The van der Waals surface area contributed by atoms with E-state index in [4.69, 9.17) is 9.47 Å². The van der Waals surface area contributed by atoms with Crippen LogP contribution in [0.2, 0.25) is 0 Å². The van der Waals surface area contributed by atoms with Crippen LogP contribution in [0.15, 0.2) is 46.8 Å². The number of aromatic nitrogens is 1. The summed E-state index contributed by atoms with van der Waals surface area (Å²) in [5.41, 5.74) is 2.46. The van der Waals surface area contributed by atoms with Gasteiger partial charge in [0.25, 0.3) is 5.56 Å². The minimum absolute atomic E-state index is 0.139. The Labute approximate surface area is 181 Å². The second-order valence-electron chi connectivity index (χ2n) is 7.66. The van der Waals surface area contributed by atoms with Gasteiger partial charge in [-0.1, -0.05) is 29.8 Å². The van der Waals surface area contributed by atoms with Crippen LogP contribution in [-0.2, 0) is 24.1 Å². The Bertz CT molecular complexity index is 1030. The third-order valence-electron chi connectivity index (χ3n) is 5.63. The predicted molar refractivity (Wildman–Crippen MR) is 117 cm³/mol. The summed E-state index contributed by atoms with van der Waals surface area (Å²) in [5, 5.41) is 0. The molecule has 6 nitrogen and oxygen atoms in total. The van der Waals surface area contributed by atoms with E-state index >= 15 is 0 Å². The molecule has 0 saturated heterocycles. The van der Waals surface area contributed by atoms with Crippen LogP contribution in [0.3, 0.4) is 0 Å². The van der Waals surface area contributed by atoms with Crippen LogP contribution in [0, 0.1) is 5.82 Å². The topological polar surface area (TPSA) is 60.8 Å². The van der Waals surface area contributed by atoms with E-state index in [1.54, 1.807) is 22.8 Å². The molecule has 0 radical (unpaired) electrons. The number of esters is 1. The van der Waals surface area contributed by atoms with Crippen molar-refractivity contribution >= 4 is 5.97 Å². The number of halogens is 1. The summed E-state index contributed by atoms with van der Waals surface area (Å²) >= 11 is 0. The quantitative estimate of drug-likeness (QED) is 0.501. The summed E-state index contributed by atoms with van der Waals surface area (Å²) < 4.78 is 26.3. The molecule has 2 heterocycles. The number of methoxy groups -OCH3 is 1. The maximum atomic E-state index is 13.9. The lowest BCUT2D eigenvalue weighted by Crippen LogP contribution is -2.30. The number of ether oxygens (including phenoxy) is 2. The first kappa shape index (κ1) is 22.7. The van der Waals surface area contributed by atoms with Crippen LogP contribution < -0.4 is 10.3 Å². The van der Waals surface area contributed by atoms with E-state index in [9.17, 15) is 14.0 Å². The monoisotopic (exact) mass is 428 g/mol. The molecule has 1 aromatic heterocycles. The van der Waals surface area contributed by atoms with E-state index in [1.807, 2.05) is 6.92 Å². The van der Waals surface area contributed by atoms with Crippen molar-refractivity contribution in [2.75, 3.05) is 33.4 Å². The van der Waals surface area contributed by atoms with Crippen LogP contribution >= 0.6 is 0 Å². The predicted octanol–water partition coefficient (Wildman–Crippen LogP) is 3.22. The molecule has 7 heteroatoms. The first-order valence-corrected chi connectivity index (χ1v) is 10.5. The van der Waals surface area contributed by atoms with Crippen molar-refractivity contribution in [3.63, 3.8) is 0 Å². The summed E-state index contributed by atoms with van der Waals surface area (Å²) in [6.45, 7) is 6.96. The highest BCUT2D eigenvalue weighted by Gasteiger charge is 2.26. The number of rotatable bonds is 7. The van der Waals surface area contributed by atoms with Crippen LogP contribution in [0.1, 0.15) is 35.5 Å². The first-order valence-electron chi connectivity index (χ1n) is 10.5. The molecule has 0 N–H and O–H groups in total. The van der Waals surface area contributed by atoms with Crippen molar-refractivity contribution in [1.82, 2.24) is 9.47 Å². The highest BCUT2D eigenvalue weighted by Crippen LogP contribution is 2.24. The largest absolute Gasteiger partial charge is 0.492 e. The summed E-state index contributed by atoms with van der Waals surface area (Å²) in [7, 11) is 1.31. The molecular formula is C24H29FN2O4. The maximum absolute atomic E-state index is 13.9. The van der Waals surface area contributed by atoms with Gasteiger partial charge in [-0.3, -0.25) is 9.69 Å². The zero-order valence-corrected chi connectivity index (χ0v) is 18.3. The fourth-order valence-electron chi connectivity index (χ4n) is 3.80. The van der Waals surface area contributed by atoms with Gasteiger partial charge in [0.2, 0.25) is 0 Å². The number of allylic oxidation sites excluding steroid dienone is 1. The molecule has 31 heavy (non-hydrogen) atoms. The SMILES string of the molecule is CC=C(C)CN1CCc2c(C(=O)OC)c(OCCc3ccccc3F)cc(=O)n2CC1. The fourth-order valence-corrected chi connectivity index (χ4v) is 3.80. The second-order valence-corrected chi connectivity index (χ2v) is 7.66. The van der Waals surface area contributed by atoms with E-state index in [0.717, 1.165) is 6.54 Å². The van der Waals surface area contributed by atoms with Crippen molar-refractivity contribution in [3.8, 4) is 5.75 Å². The molecule has 1 aliphatic rings. The molecule has 1 aliphatic heterocycles. The Balaban J connectivity index is 1.86. The van der Waals surface area contributed by atoms with Gasteiger partial charge in [0.05, 0.1) is 13.7 Å². The molecule has 0 saturated carbocycles. The average Bonchev–Trinajstić information content (AvgIpc) is 2.97. The maximum Gasteiger partial charge on any atom is 0.343 e. The van der Waals surface area contributed by atoms with E-state index in [1.165, 1.54) is 24.8 Å². The number of hydrogen-bond acceptors (Lipinski definition) is 5. The number of benzene rings is 1. The van der Waals surface area contributed by atoms with Gasteiger partial charge >= 0.3 is 5.97 Å². The van der Waals surface area contributed by atoms with E-state index < -0.39 is 5.97 Å². The minimum atomic E-state index is -0.539. The highest BCUT2D eigenvalue weighted by atomic mass is 19.1. The molecule has 2 aromatic rings. The van der Waals surface area contributed by atoms with Gasteiger partial charge in [0.15, 0.2) is 0 Å². The smallest absolute Gasteiger partial charge is 0.343 e. The molecular weight excluding hydrogens is 399 g/mol. The Kier molecular flexibility index (Phi) is 7.63. The molecule has 0 amide bonds. The molecule has 0 atom stereocenters. The van der Waals surface area contributed by atoms with Crippen LogP contribution in [0.5, 0.6) is 5.75 Å². The molecule has 0 spiro atoms. The summed E-state index contributed by atoms with van der Waals surface area (Å²) in [4.78, 5) is 27.7. The van der Waals surface area contributed by atoms with Gasteiger partial charge in [-0.15, -0.1) is 0 Å². The molecule has 0 aliphatic carbocycles. The van der Waals surface area contributed by atoms with Crippen molar-refractivity contribution in [3.05, 3.63) is 75.0 Å². The van der Waals surface area contributed by atoms with Crippen molar-refractivity contribution in [1.29, 1.82) is 0 Å². The lowest BCUT2D eigenvalue weighted by atomic mass is 10.1. The van der Waals surface area contributed by atoms with Crippen molar-refractivity contribution in [2.45, 2.75) is 33.2 Å². The molecule has 0 fully saturated rings. The lowest BCUT2D eigenvalue weighted by Gasteiger charge is -2.19. The van der Waals surface area contributed by atoms with Gasteiger partial charge in [-0.25, -0.2) is 9.18 Å². The fraction of sp³-hybridized carbons (Fsp3) is 0.417. The summed E-state index contributed by atoms with van der Waals surface area (Å²) in [6, 6.07) is 7.81. The number of pyridine rings is 1. The van der Waals surface area contributed by atoms with Gasteiger partial charge in [0, 0.05) is 50.8 Å². The zero-order chi connectivity index (χ0) is 22.4. The minimum Gasteiger partial charge on any atom is -0.492 e. The normalized spacial score (nSPS) is 14.6. The number of fused-ring (bicyclic) bond motifs is 1. The second kappa shape index (κ2) is 10.4. The van der Waals surface area contributed by atoms with Crippen LogP contribution in [-0.4, -0.2) is 48.8 Å². The van der Waals surface area contributed by atoms with Crippen LogP contribution in [0.25, 0.3) is 0 Å². The molecule has 166 valence electrons. The Morgan fingerprint density at radius 1 is 1.23 bits per heavy atom. The first-order chi connectivity index (χ1) is 14.9. The molecule has 3 rings (SSSR count). The average molecular weight is 429 g/mol. The number of carbonyl (C=O) groups excluding carboxylic acids is 1. The Morgan fingerprint density at radius 3 is 2.71 bits per heavy atom. The van der Waals surface area contributed by atoms with Gasteiger partial charge in [0.1, 0.15) is 17.1 Å². The third-order valence-corrected chi connectivity index (χ3v) is 5.63. The Hall–Kier alpha value is -2.93. The lowest BCUT2D eigenvalue weighted by molar-refractivity contribution is 0.0593. The summed E-state index contributed by atoms with van der Waals surface area (Å²) in [6.07, 6.45) is 2.93. The highest BCUT2D eigenvalue weighted by molar-refractivity contribution is 5.93. The molecule has 1 aromatic carbocycles. The molecule has 0 bridgehead atoms. The number of hydrogen-bond donors (Lipinski definition) is 0. The van der Waals surface area contributed by atoms with Crippen molar-refractivity contribution < 1.29 is 18.7 Å². The van der Waals surface area contributed by atoms with E-state index in [2.05, 4.69) is 17.9 Å². The third kappa shape index (κ3) is 5.41. The van der Waals surface area contributed by atoms with E-state index in [0.29, 0.717) is 43.7 Å². The van der Waals surface area contributed by atoms with Gasteiger partial charge in [-0.05, 0) is 25.5 Å². The van der Waals surface area contributed by atoms with Crippen molar-refractivity contribution in [2.24, 2.45) is 0 Å². The molecule has 0 unspecified atom stereocenters. The van der Waals surface area contributed by atoms with Gasteiger partial charge in [-0.2, -0.15) is 0 Å². The number of carbonyl (C=O) groups is 1. The number of nitrogens with zero attached hydrogens (tertiary/aromatic N) is 2. The van der Waals surface area contributed by atoms with Gasteiger partial charge < -0.3 is 14.0 Å². The standard InChI is InChI=1S/C24H29FN2O4/c1-4-17(2)16-26-11-9-20-23(24(29)30-3)21(15-22(28)27(20)13-12-26)31-14-10-18-7-5-6-8-19(18)25/h4-8,15H,9-14,16H2,1-3H3. The summed E-state index contributed by atoms with van der Waals surface area (Å²) in [5.74, 6) is -0.655. The van der Waals surface area contributed by atoms with E-state index in [-0.39, 0.29) is 29.3 Å². The van der Waals surface area contributed by atoms with Crippen LogP contribution in [0.4, 0.5) is 4.39 Å². The Morgan fingerprint density at radius 2 is 2.00 bits per heavy atom. The zero-order valence-electron chi connectivity index (χ0n) is 18.3.